The zero-order valence-electron chi connectivity index (χ0n) is 13.0. The van der Waals surface area contributed by atoms with Gasteiger partial charge in [-0.25, -0.2) is 0 Å². The topological polar surface area (TPSA) is 21.3 Å². The number of hydrogen-bond donors (Lipinski definition) is 1. The number of thiophene rings is 1. The Labute approximate surface area is 156 Å². The lowest BCUT2D eigenvalue weighted by Crippen LogP contribution is -2.12. The molecule has 124 valence electrons. The molecule has 0 bridgehead atoms. The molecule has 0 atom stereocenters. The molecule has 1 heterocycles. The van der Waals surface area contributed by atoms with Crippen molar-refractivity contribution in [2.45, 2.75) is 19.7 Å². The Kier molecular flexibility index (Phi) is 6.16. The second-order valence-electron chi connectivity index (χ2n) is 5.32. The predicted octanol–water partition coefficient (Wildman–Crippen LogP) is 5.92. The Morgan fingerprint density at radius 2 is 1.79 bits per heavy atom. The van der Waals surface area contributed by atoms with E-state index in [9.17, 15) is 0 Å². The van der Waals surface area contributed by atoms with Gasteiger partial charge in [0.15, 0.2) is 0 Å². The van der Waals surface area contributed by atoms with E-state index in [2.05, 4.69) is 28.9 Å². The highest BCUT2D eigenvalue weighted by Gasteiger charge is 2.06. The highest BCUT2D eigenvalue weighted by Crippen LogP contribution is 2.24. The van der Waals surface area contributed by atoms with Gasteiger partial charge in [0.2, 0.25) is 0 Å². The molecule has 3 rings (SSSR count). The Morgan fingerprint density at radius 3 is 2.58 bits per heavy atom. The van der Waals surface area contributed by atoms with Crippen molar-refractivity contribution in [1.82, 2.24) is 5.32 Å². The van der Waals surface area contributed by atoms with Crippen LogP contribution in [-0.2, 0) is 19.7 Å². The van der Waals surface area contributed by atoms with Crippen LogP contribution in [0.25, 0.3) is 0 Å². The van der Waals surface area contributed by atoms with Gasteiger partial charge in [0, 0.05) is 39.1 Å². The van der Waals surface area contributed by atoms with Gasteiger partial charge >= 0.3 is 0 Å². The molecular formula is C19H17Cl2NOS. The van der Waals surface area contributed by atoms with Crippen LogP contribution in [-0.4, -0.2) is 0 Å². The zero-order valence-corrected chi connectivity index (χ0v) is 15.3. The number of hydrogen-bond acceptors (Lipinski definition) is 3. The van der Waals surface area contributed by atoms with Crippen LogP contribution in [0.4, 0.5) is 0 Å². The fourth-order valence-corrected chi connectivity index (χ4v) is 3.46. The fourth-order valence-electron chi connectivity index (χ4n) is 2.32. The molecule has 24 heavy (non-hydrogen) atoms. The molecule has 0 aliphatic heterocycles. The van der Waals surface area contributed by atoms with Crippen molar-refractivity contribution in [3.63, 3.8) is 0 Å². The van der Waals surface area contributed by atoms with E-state index in [-0.39, 0.29) is 0 Å². The summed E-state index contributed by atoms with van der Waals surface area (Å²) in [5.41, 5.74) is 2.04. The lowest BCUT2D eigenvalue weighted by molar-refractivity contribution is 0.302. The summed E-state index contributed by atoms with van der Waals surface area (Å²) in [6.45, 7) is 2.02. The van der Waals surface area contributed by atoms with Gasteiger partial charge in [-0.15, -0.1) is 11.3 Å². The molecule has 2 nitrogen and oxygen atoms in total. The Balaban J connectivity index is 1.61. The first kappa shape index (κ1) is 17.3. The number of halogens is 2. The first-order valence-corrected chi connectivity index (χ1v) is 9.23. The minimum absolute atomic E-state index is 0.415. The van der Waals surface area contributed by atoms with Crippen molar-refractivity contribution in [2.75, 3.05) is 0 Å². The third kappa shape index (κ3) is 4.74. The SMILES string of the molecule is Clc1ccc(COc2ccccc2CNCc2cccs2)c(Cl)c1. The van der Waals surface area contributed by atoms with E-state index in [4.69, 9.17) is 27.9 Å². The minimum atomic E-state index is 0.415. The third-order valence-corrected chi connectivity index (χ3v) is 5.03. The van der Waals surface area contributed by atoms with Gasteiger partial charge in [0.1, 0.15) is 12.4 Å². The maximum Gasteiger partial charge on any atom is 0.124 e. The van der Waals surface area contributed by atoms with Crippen molar-refractivity contribution in [3.05, 3.63) is 86.0 Å². The van der Waals surface area contributed by atoms with Crippen LogP contribution < -0.4 is 10.1 Å². The smallest absolute Gasteiger partial charge is 0.124 e. The molecule has 0 spiro atoms. The molecular weight excluding hydrogens is 361 g/mol. The summed E-state index contributed by atoms with van der Waals surface area (Å²) in [6.07, 6.45) is 0. The maximum absolute atomic E-state index is 6.20. The minimum Gasteiger partial charge on any atom is -0.489 e. The average molecular weight is 378 g/mol. The van der Waals surface area contributed by atoms with E-state index in [0.29, 0.717) is 16.7 Å². The second-order valence-corrected chi connectivity index (χ2v) is 7.19. The summed E-state index contributed by atoms with van der Waals surface area (Å²) in [5.74, 6) is 0.863. The standard InChI is InChI=1S/C19H17Cl2NOS/c20-16-8-7-15(18(21)10-16)13-23-19-6-2-1-4-14(19)11-22-12-17-5-3-9-24-17/h1-10,22H,11-13H2. The molecule has 1 aromatic heterocycles. The van der Waals surface area contributed by atoms with Gasteiger partial charge in [0.25, 0.3) is 0 Å². The predicted molar refractivity (Wildman–Crippen MR) is 102 cm³/mol. The van der Waals surface area contributed by atoms with Gasteiger partial charge in [-0.1, -0.05) is 53.5 Å². The third-order valence-electron chi connectivity index (χ3n) is 3.57. The molecule has 0 amide bonds. The van der Waals surface area contributed by atoms with E-state index in [1.165, 1.54) is 4.88 Å². The van der Waals surface area contributed by atoms with Gasteiger partial charge in [-0.3, -0.25) is 0 Å². The number of para-hydroxylation sites is 1. The van der Waals surface area contributed by atoms with E-state index < -0.39 is 0 Å². The Bertz CT molecular complexity index is 790. The molecule has 2 aromatic carbocycles. The number of nitrogens with one attached hydrogen (secondary N) is 1. The lowest BCUT2D eigenvalue weighted by Gasteiger charge is -2.13. The second kappa shape index (κ2) is 8.54. The molecule has 0 aliphatic rings. The molecule has 0 fully saturated rings. The summed E-state index contributed by atoms with van der Waals surface area (Å²) in [7, 11) is 0. The molecule has 0 saturated carbocycles. The van der Waals surface area contributed by atoms with Crippen LogP contribution in [0, 0.1) is 0 Å². The summed E-state index contributed by atoms with van der Waals surface area (Å²) >= 11 is 13.9. The first-order chi connectivity index (χ1) is 11.7. The van der Waals surface area contributed by atoms with Crippen LogP contribution in [0.2, 0.25) is 10.0 Å². The molecule has 0 aliphatic carbocycles. The summed E-state index contributed by atoms with van der Waals surface area (Å²) in [5, 5.41) is 6.78. The molecule has 0 unspecified atom stereocenters. The lowest BCUT2D eigenvalue weighted by atomic mass is 10.2. The number of benzene rings is 2. The van der Waals surface area contributed by atoms with Crippen LogP contribution in [0.3, 0.4) is 0 Å². The van der Waals surface area contributed by atoms with Crippen molar-refractivity contribution >= 4 is 34.5 Å². The maximum atomic E-state index is 6.20. The van der Waals surface area contributed by atoms with E-state index in [1.807, 2.05) is 30.3 Å². The molecule has 5 heteroatoms. The van der Waals surface area contributed by atoms with Gasteiger partial charge < -0.3 is 10.1 Å². The van der Waals surface area contributed by atoms with Crippen LogP contribution >= 0.6 is 34.5 Å². The number of ether oxygens (including phenoxy) is 1. The molecule has 0 radical (unpaired) electrons. The Morgan fingerprint density at radius 1 is 0.917 bits per heavy atom. The van der Waals surface area contributed by atoms with Crippen molar-refractivity contribution in [2.24, 2.45) is 0 Å². The van der Waals surface area contributed by atoms with Crippen molar-refractivity contribution < 1.29 is 4.74 Å². The Hall–Kier alpha value is -1.52. The van der Waals surface area contributed by atoms with Crippen molar-refractivity contribution in [3.8, 4) is 5.75 Å². The number of rotatable bonds is 7. The highest BCUT2D eigenvalue weighted by molar-refractivity contribution is 7.09. The molecule has 3 aromatic rings. The van der Waals surface area contributed by atoms with Crippen LogP contribution in [0.15, 0.2) is 60.0 Å². The fraction of sp³-hybridized carbons (Fsp3) is 0.158. The first-order valence-electron chi connectivity index (χ1n) is 7.60. The summed E-state index contributed by atoms with van der Waals surface area (Å²) < 4.78 is 5.97. The molecule has 0 saturated heterocycles. The largest absolute Gasteiger partial charge is 0.489 e. The van der Waals surface area contributed by atoms with Gasteiger partial charge in [-0.2, -0.15) is 0 Å². The zero-order chi connectivity index (χ0) is 16.8. The normalized spacial score (nSPS) is 10.8. The monoisotopic (exact) mass is 377 g/mol. The van der Waals surface area contributed by atoms with Crippen molar-refractivity contribution in [1.29, 1.82) is 0 Å². The average Bonchev–Trinajstić information content (AvgIpc) is 3.08. The van der Waals surface area contributed by atoms with Gasteiger partial charge in [0.05, 0.1) is 0 Å². The van der Waals surface area contributed by atoms with Crippen LogP contribution in [0.1, 0.15) is 16.0 Å². The quantitative estimate of drug-likeness (QED) is 0.551. The summed E-state index contributed by atoms with van der Waals surface area (Å²) in [4.78, 5) is 1.32. The summed E-state index contributed by atoms with van der Waals surface area (Å²) in [6, 6.07) is 17.7. The van der Waals surface area contributed by atoms with E-state index >= 15 is 0 Å². The van der Waals surface area contributed by atoms with Gasteiger partial charge in [-0.05, 0) is 29.6 Å². The highest BCUT2D eigenvalue weighted by atomic mass is 35.5. The van der Waals surface area contributed by atoms with Crippen LogP contribution in [0.5, 0.6) is 5.75 Å². The van der Waals surface area contributed by atoms with E-state index in [0.717, 1.165) is 30.0 Å². The molecule has 1 N–H and O–H groups in total. The van der Waals surface area contributed by atoms with E-state index in [1.54, 1.807) is 17.4 Å².